The van der Waals surface area contributed by atoms with Crippen LogP contribution in [0.15, 0.2) is 70.2 Å². The van der Waals surface area contributed by atoms with Gasteiger partial charge in [-0.25, -0.2) is 9.97 Å². The summed E-state index contributed by atoms with van der Waals surface area (Å²) < 4.78 is 23.9. The zero-order chi connectivity index (χ0) is 45.9. The largest absolute Gasteiger partial charge is 0.495 e. The summed E-state index contributed by atoms with van der Waals surface area (Å²) in [4.78, 5) is 38.3. The van der Waals surface area contributed by atoms with Gasteiger partial charge in [0.2, 0.25) is 17.7 Å². The Labute approximate surface area is 395 Å². The van der Waals surface area contributed by atoms with E-state index in [1.807, 2.05) is 42.2 Å². The molecule has 10 rings (SSSR count). The minimum absolute atomic E-state index is 0.0420. The lowest BCUT2D eigenvalue weighted by atomic mass is 10.0. The Hall–Kier alpha value is -5.46. The number of aromatic nitrogens is 6. The van der Waals surface area contributed by atoms with Gasteiger partial charge in [-0.2, -0.15) is 10.2 Å². The molecule has 6 aromatic rings. The number of hydrogen-bond acceptors (Lipinski definition) is 13. The van der Waals surface area contributed by atoms with Gasteiger partial charge in [0, 0.05) is 87.7 Å². The lowest BCUT2D eigenvalue weighted by molar-refractivity contribution is -0.138. The molecule has 4 atom stereocenters. The van der Waals surface area contributed by atoms with Crippen LogP contribution in [0.2, 0.25) is 20.1 Å². The van der Waals surface area contributed by atoms with Crippen LogP contribution in [0, 0.1) is 37.5 Å². The second kappa shape index (κ2) is 20.0. The molecule has 4 saturated heterocycles. The number of methoxy groups -OCH3 is 2. The van der Waals surface area contributed by atoms with Crippen LogP contribution >= 0.6 is 46.4 Å². The molecule has 2 N–H and O–H groups in total. The van der Waals surface area contributed by atoms with E-state index in [0.717, 1.165) is 81.3 Å². The molecule has 4 aromatic heterocycles. The second-order valence-electron chi connectivity index (χ2n) is 16.3. The maximum Gasteiger partial charge on any atom is 0.325 e. The van der Waals surface area contributed by atoms with Crippen molar-refractivity contribution in [3.63, 3.8) is 0 Å². The van der Waals surface area contributed by atoms with Crippen molar-refractivity contribution >= 4 is 69.7 Å². The minimum Gasteiger partial charge on any atom is -0.495 e. The molecule has 4 aliphatic rings. The first-order valence-electron chi connectivity index (χ1n) is 20.9. The second-order valence-corrected chi connectivity index (χ2v) is 17.9. The van der Waals surface area contributed by atoms with Crippen LogP contribution in [0.5, 0.6) is 11.5 Å². The summed E-state index contributed by atoms with van der Waals surface area (Å²) in [5.74, 6) is 3.59. The van der Waals surface area contributed by atoms with Gasteiger partial charge in [0.25, 0.3) is 0 Å². The van der Waals surface area contributed by atoms with Gasteiger partial charge in [-0.15, -0.1) is 0 Å². The van der Waals surface area contributed by atoms with E-state index in [4.69, 9.17) is 69.8 Å². The van der Waals surface area contributed by atoms with E-state index in [1.165, 1.54) is 35.3 Å². The Morgan fingerprint density at radius 2 is 1.14 bits per heavy atom. The number of carboxylic acids is 1. The number of carbonyl (C=O) groups is 2. The van der Waals surface area contributed by atoms with E-state index in [0.29, 0.717) is 60.6 Å². The molecule has 65 heavy (non-hydrogen) atoms. The Morgan fingerprint density at radius 1 is 0.692 bits per heavy atom. The van der Waals surface area contributed by atoms with Gasteiger partial charge in [-0.1, -0.05) is 46.4 Å². The highest BCUT2D eigenvalue weighted by Crippen LogP contribution is 2.38. The molecule has 0 saturated carbocycles. The number of nitrogens with one attached hydrogen (secondary N) is 1. The molecular formula is C44H48Cl4N10O7. The van der Waals surface area contributed by atoms with E-state index in [-0.39, 0.29) is 24.9 Å². The SMILES string of the molecule is COc1cc(N2CC3CN(C(=O)Cn4nc(-c5ncco5)c(Cl)c4C)CC3C2)ccc1Cl.COc1cc(N2CC3CNCC3C2)ccc1Cl.Cc1c(Cl)c(-c2ncco2)nn1CC(=O)O. The smallest absolute Gasteiger partial charge is 0.325 e. The van der Waals surface area contributed by atoms with E-state index in [9.17, 15) is 9.59 Å². The lowest BCUT2D eigenvalue weighted by Gasteiger charge is -2.24. The first kappa shape index (κ1) is 46.1. The summed E-state index contributed by atoms with van der Waals surface area (Å²) in [5.41, 5.74) is 4.41. The van der Waals surface area contributed by atoms with E-state index in [2.05, 4.69) is 41.3 Å². The quantitative estimate of drug-likeness (QED) is 0.139. The predicted molar refractivity (Wildman–Crippen MR) is 246 cm³/mol. The number of nitrogens with zero attached hydrogens (tertiary/aromatic N) is 9. The maximum absolute atomic E-state index is 13.0. The van der Waals surface area contributed by atoms with Crippen LogP contribution in [0.25, 0.3) is 23.2 Å². The number of ether oxygens (including phenoxy) is 2. The van der Waals surface area contributed by atoms with Crippen molar-refractivity contribution < 1.29 is 33.0 Å². The summed E-state index contributed by atoms with van der Waals surface area (Å²) in [5, 5.41) is 22.7. The van der Waals surface area contributed by atoms with Gasteiger partial charge >= 0.3 is 5.97 Å². The third kappa shape index (κ3) is 10.0. The molecule has 21 heteroatoms. The fourth-order valence-corrected chi connectivity index (χ4v) is 9.65. The highest BCUT2D eigenvalue weighted by molar-refractivity contribution is 6.34. The minimum atomic E-state index is -0.985. The fraction of sp³-hybridized carbons (Fsp3) is 0.409. The van der Waals surface area contributed by atoms with Crippen molar-refractivity contribution in [3.8, 4) is 34.7 Å². The lowest BCUT2D eigenvalue weighted by Crippen LogP contribution is -2.35. The monoisotopic (exact) mass is 968 g/mol. The summed E-state index contributed by atoms with van der Waals surface area (Å²) in [6.07, 6.45) is 5.88. The topological polar surface area (TPSA) is 182 Å². The third-order valence-corrected chi connectivity index (χ3v) is 13.9. The van der Waals surface area contributed by atoms with E-state index >= 15 is 0 Å². The van der Waals surface area contributed by atoms with Crippen LogP contribution in [0.1, 0.15) is 11.4 Å². The molecule has 8 heterocycles. The average Bonchev–Trinajstić information content (AvgIpc) is 4.15. The van der Waals surface area contributed by atoms with Gasteiger partial charge in [-0.3, -0.25) is 19.0 Å². The number of anilines is 2. The Kier molecular flexibility index (Phi) is 14.2. The average molecular weight is 971 g/mol. The summed E-state index contributed by atoms with van der Waals surface area (Å²) in [7, 11) is 3.28. The molecule has 0 aliphatic carbocycles. The Morgan fingerprint density at radius 3 is 1.55 bits per heavy atom. The number of carbonyl (C=O) groups excluding carboxylic acids is 1. The highest BCUT2D eigenvalue weighted by atomic mass is 35.5. The Bertz CT molecular complexity index is 2600. The summed E-state index contributed by atoms with van der Waals surface area (Å²) >= 11 is 24.6. The first-order chi connectivity index (χ1) is 31.3. The number of likely N-dealkylation sites (tertiary alicyclic amines) is 1. The van der Waals surface area contributed by atoms with Crippen molar-refractivity contribution in [3.05, 3.63) is 92.8 Å². The summed E-state index contributed by atoms with van der Waals surface area (Å²) in [6.45, 7) is 11.3. The molecule has 4 fully saturated rings. The number of oxazole rings is 2. The molecule has 0 spiro atoms. The van der Waals surface area contributed by atoms with Crippen LogP contribution in [0.3, 0.4) is 0 Å². The number of hydrogen-bond donors (Lipinski definition) is 2. The normalized spacial score (nSPS) is 19.7. The number of halogens is 4. The van der Waals surface area contributed by atoms with Gasteiger partial charge in [0.05, 0.1) is 58.1 Å². The van der Waals surface area contributed by atoms with E-state index < -0.39 is 5.97 Å². The van der Waals surface area contributed by atoms with Crippen LogP contribution < -0.4 is 24.6 Å². The predicted octanol–water partition coefficient (Wildman–Crippen LogP) is 7.35. The standard InChI is InChI=1S/C22H23Cl2N5O3.C13H17ClN2O.C9H8ClN3O3/c1-13-20(24)21(22-25-5-6-32-22)26-29(13)12-19(30)28-10-14-8-27(9-15(14)11-28)16-3-4-17(23)18(7-16)31-2;1-17-13-4-11(2-3-12(13)14)16-7-9-5-15-6-10(9)8-16;1-5-7(10)8(9-11-2-3-16-9)12-13(5)4-6(14)15/h3-7,14-15H,8-12H2,1-2H3;2-4,9-10,15H,5-8H2,1H3;2-3H,4H2,1H3,(H,14,15). The molecule has 4 aliphatic heterocycles. The maximum atomic E-state index is 13.0. The number of fused-ring (bicyclic) bond motifs is 2. The van der Waals surface area contributed by atoms with Crippen molar-refractivity contribution in [2.75, 3.05) is 76.4 Å². The molecule has 2 aromatic carbocycles. The van der Waals surface area contributed by atoms with Gasteiger partial charge in [0.15, 0.2) is 11.4 Å². The van der Waals surface area contributed by atoms with Crippen molar-refractivity contribution in [2.45, 2.75) is 26.9 Å². The van der Waals surface area contributed by atoms with Crippen molar-refractivity contribution in [2.24, 2.45) is 23.7 Å². The molecule has 1 amide bonds. The number of rotatable bonds is 10. The van der Waals surface area contributed by atoms with Crippen LogP contribution in [-0.4, -0.2) is 118 Å². The van der Waals surface area contributed by atoms with E-state index in [1.54, 1.807) is 25.8 Å². The Balaban J connectivity index is 0.000000147. The van der Waals surface area contributed by atoms with Gasteiger partial charge < -0.3 is 43.4 Å². The molecule has 0 radical (unpaired) electrons. The molecule has 0 bridgehead atoms. The zero-order valence-electron chi connectivity index (χ0n) is 36.1. The molecule has 344 valence electrons. The third-order valence-electron chi connectivity index (χ3n) is 12.3. The number of amides is 1. The van der Waals surface area contributed by atoms with Crippen LogP contribution in [0.4, 0.5) is 11.4 Å². The molecule has 4 unspecified atom stereocenters. The number of benzene rings is 2. The van der Waals surface area contributed by atoms with Crippen molar-refractivity contribution in [1.82, 2.24) is 39.7 Å². The number of carboxylic acid groups (broad SMARTS) is 1. The molecular weight excluding hydrogens is 922 g/mol. The highest BCUT2D eigenvalue weighted by Gasteiger charge is 2.42. The first-order valence-corrected chi connectivity index (χ1v) is 22.5. The van der Waals surface area contributed by atoms with Gasteiger partial charge in [0.1, 0.15) is 37.1 Å². The summed E-state index contributed by atoms with van der Waals surface area (Å²) in [6, 6.07) is 11.9. The van der Waals surface area contributed by atoms with Crippen LogP contribution in [-0.2, 0) is 22.7 Å². The van der Waals surface area contributed by atoms with Crippen molar-refractivity contribution in [1.29, 1.82) is 0 Å². The molecule has 17 nitrogen and oxygen atoms in total. The zero-order valence-corrected chi connectivity index (χ0v) is 39.1. The number of aliphatic carboxylic acids is 1. The van der Waals surface area contributed by atoms with Gasteiger partial charge in [-0.05, 0) is 49.9 Å². The fourth-order valence-electron chi connectivity index (χ4n) is 8.83.